The van der Waals surface area contributed by atoms with Crippen LogP contribution < -0.4 is 0 Å². The number of nitrogens with zero attached hydrogens (tertiary/aromatic N) is 5. The van der Waals surface area contributed by atoms with Crippen LogP contribution in [0.1, 0.15) is 76.8 Å². The van der Waals surface area contributed by atoms with Crippen molar-refractivity contribution in [2.75, 3.05) is 52.4 Å². The molecule has 2 aliphatic heterocycles. The van der Waals surface area contributed by atoms with Gasteiger partial charge in [-0.25, -0.2) is 4.99 Å². The second kappa shape index (κ2) is 14.9. The van der Waals surface area contributed by atoms with E-state index in [9.17, 15) is 0 Å². The first kappa shape index (κ1) is 28.9. The van der Waals surface area contributed by atoms with E-state index in [1.807, 2.05) is 0 Å². The minimum Gasteiger partial charge on any atom is -0.301 e. The molecule has 0 spiro atoms. The highest BCUT2D eigenvalue weighted by Crippen LogP contribution is 2.31. The largest absolute Gasteiger partial charge is 0.301 e. The van der Waals surface area contributed by atoms with E-state index < -0.39 is 0 Å². The van der Waals surface area contributed by atoms with Crippen molar-refractivity contribution in [3.05, 3.63) is 41.5 Å². The van der Waals surface area contributed by atoms with E-state index in [1.54, 1.807) is 5.57 Å². The Morgan fingerprint density at radius 1 is 1.00 bits per heavy atom. The summed E-state index contributed by atoms with van der Waals surface area (Å²) < 4.78 is 0. The molecule has 208 valence electrons. The van der Waals surface area contributed by atoms with E-state index in [-0.39, 0.29) is 0 Å². The number of hydrogen-bond donors (Lipinski definition) is 0. The maximum atomic E-state index is 4.64. The number of allylic oxidation sites excluding steroid dienone is 2. The Hall–Kier alpha value is -2.11. The highest BCUT2D eigenvalue weighted by Gasteiger charge is 2.23. The fourth-order valence-corrected chi connectivity index (χ4v) is 6.37. The molecule has 1 aliphatic carbocycles. The molecule has 0 N–H and O–H groups in total. The van der Waals surface area contributed by atoms with Gasteiger partial charge in [0.05, 0.1) is 6.54 Å². The summed E-state index contributed by atoms with van der Waals surface area (Å²) in [4.78, 5) is 18.5. The standard InChI is InChI=1S/C33H51N5/c1-5-35-32-18-22-38(25-32)24-29-10-14-31(15-11-29)30-12-8-27(9-13-30)6-7-28-16-20-37(21-17-28)23-19-36-33(34-4)26(2)3/h8-9,12-14,26,28-29H,4-7,10-11,15-25H2,1-3H3/b35-32+,36-33-. The molecule has 4 rings (SSSR count). The van der Waals surface area contributed by atoms with Crippen molar-refractivity contribution >= 4 is 23.8 Å². The predicted octanol–water partition coefficient (Wildman–Crippen LogP) is 6.44. The van der Waals surface area contributed by atoms with E-state index in [4.69, 9.17) is 0 Å². The molecular formula is C33H51N5. The second-order valence-electron chi connectivity index (χ2n) is 12.0. The number of hydrogen-bond acceptors (Lipinski definition) is 4. The number of piperidine rings is 1. The number of aliphatic imine (C=N–C) groups is 3. The van der Waals surface area contributed by atoms with E-state index >= 15 is 0 Å². The van der Waals surface area contributed by atoms with Crippen LogP contribution in [0.3, 0.4) is 0 Å². The monoisotopic (exact) mass is 517 g/mol. The molecule has 5 nitrogen and oxygen atoms in total. The van der Waals surface area contributed by atoms with Crippen LogP contribution >= 0.6 is 0 Å². The fraction of sp³-hybridized carbons (Fsp3) is 0.667. The van der Waals surface area contributed by atoms with Gasteiger partial charge in [0.25, 0.3) is 0 Å². The lowest BCUT2D eigenvalue weighted by Gasteiger charge is -2.31. The molecule has 2 heterocycles. The molecule has 3 aliphatic rings. The first-order chi connectivity index (χ1) is 18.5. The van der Waals surface area contributed by atoms with Gasteiger partial charge in [0.1, 0.15) is 5.84 Å². The summed E-state index contributed by atoms with van der Waals surface area (Å²) in [6.45, 7) is 18.8. The maximum absolute atomic E-state index is 4.64. The Balaban J connectivity index is 1.14. The van der Waals surface area contributed by atoms with Crippen molar-refractivity contribution in [1.82, 2.24) is 9.80 Å². The van der Waals surface area contributed by atoms with Crippen molar-refractivity contribution in [2.45, 2.75) is 72.1 Å². The summed E-state index contributed by atoms with van der Waals surface area (Å²) in [5.41, 5.74) is 5.90. The average Bonchev–Trinajstić information content (AvgIpc) is 3.38. The Labute approximate surface area is 232 Å². The van der Waals surface area contributed by atoms with Gasteiger partial charge in [-0.2, -0.15) is 0 Å². The minimum atomic E-state index is 0.360. The van der Waals surface area contributed by atoms with Crippen molar-refractivity contribution in [3.8, 4) is 0 Å². The number of aryl methyl sites for hydroxylation is 1. The van der Waals surface area contributed by atoms with Gasteiger partial charge >= 0.3 is 0 Å². The molecule has 0 bridgehead atoms. The lowest BCUT2D eigenvalue weighted by atomic mass is 9.85. The molecule has 38 heavy (non-hydrogen) atoms. The van der Waals surface area contributed by atoms with Crippen LogP contribution in [0, 0.1) is 17.8 Å². The molecule has 1 aromatic carbocycles. The Bertz CT molecular complexity index is 966. The lowest BCUT2D eigenvalue weighted by Crippen LogP contribution is -2.35. The first-order valence-corrected chi connectivity index (χ1v) is 15.3. The molecule has 1 unspecified atom stereocenters. The fourth-order valence-electron chi connectivity index (χ4n) is 6.37. The van der Waals surface area contributed by atoms with Gasteiger partial charge in [0, 0.05) is 44.4 Å². The third kappa shape index (κ3) is 8.71. The SMILES string of the molecule is C=N/C(=N\CCN1CCC(CCc2ccc(C3=CCC(CN4CC/C(=N\CC)C4)CC3)cc2)CC1)C(C)C. The van der Waals surface area contributed by atoms with Crippen molar-refractivity contribution < 1.29 is 0 Å². The topological polar surface area (TPSA) is 43.6 Å². The zero-order valence-corrected chi connectivity index (χ0v) is 24.4. The van der Waals surface area contributed by atoms with Crippen LogP contribution in [0.15, 0.2) is 45.3 Å². The van der Waals surface area contributed by atoms with Crippen LogP contribution in [0.5, 0.6) is 0 Å². The van der Waals surface area contributed by atoms with Crippen LogP contribution in [0.2, 0.25) is 0 Å². The third-order valence-corrected chi connectivity index (χ3v) is 8.78. The van der Waals surface area contributed by atoms with Crippen LogP contribution in [0.4, 0.5) is 0 Å². The van der Waals surface area contributed by atoms with Crippen LogP contribution in [-0.2, 0) is 6.42 Å². The molecule has 2 saturated heterocycles. The first-order valence-electron chi connectivity index (χ1n) is 15.3. The lowest BCUT2D eigenvalue weighted by molar-refractivity contribution is 0.183. The van der Waals surface area contributed by atoms with E-state index in [2.05, 4.69) is 82.6 Å². The number of benzene rings is 1. The highest BCUT2D eigenvalue weighted by molar-refractivity contribution is 5.88. The van der Waals surface area contributed by atoms with E-state index in [0.717, 1.165) is 43.9 Å². The number of rotatable bonds is 11. The minimum absolute atomic E-state index is 0.360. The smallest absolute Gasteiger partial charge is 0.125 e. The van der Waals surface area contributed by atoms with Crippen molar-refractivity contribution in [3.63, 3.8) is 0 Å². The summed E-state index contributed by atoms with van der Waals surface area (Å²) in [6.07, 6.45) is 12.6. The number of likely N-dealkylation sites (tertiary alicyclic amines) is 2. The molecule has 0 aromatic heterocycles. The summed E-state index contributed by atoms with van der Waals surface area (Å²) in [5, 5.41) is 0. The predicted molar refractivity (Wildman–Crippen MR) is 165 cm³/mol. The van der Waals surface area contributed by atoms with E-state index in [1.165, 1.54) is 94.4 Å². The third-order valence-electron chi connectivity index (χ3n) is 8.78. The second-order valence-corrected chi connectivity index (χ2v) is 12.0. The summed E-state index contributed by atoms with van der Waals surface area (Å²) in [5.74, 6) is 2.91. The molecule has 0 amide bonds. The molecule has 2 fully saturated rings. The molecule has 1 aromatic rings. The Morgan fingerprint density at radius 2 is 1.79 bits per heavy atom. The summed E-state index contributed by atoms with van der Waals surface area (Å²) in [7, 11) is 0. The molecule has 0 radical (unpaired) electrons. The van der Waals surface area contributed by atoms with Crippen molar-refractivity contribution in [1.29, 1.82) is 0 Å². The molecule has 0 saturated carbocycles. The van der Waals surface area contributed by atoms with Gasteiger partial charge in [-0.1, -0.05) is 44.2 Å². The van der Waals surface area contributed by atoms with Gasteiger partial charge < -0.3 is 4.90 Å². The van der Waals surface area contributed by atoms with Gasteiger partial charge in [-0.05, 0) is 107 Å². The summed E-state index contributed by atoms with van der Waals surface area (Å²) in [6, 6.07) is 9.52. The van der Waals surface area contributed by atoms with Crippen LogP contribution in [0.25, 0.3) is 5.57 Å². The maximum Gasteiger partial charge on any atom is 0.125 e. The number of amidine groups is 1. The normalized spacial score (nSPS) is 23.4. The quantitative estimate of drug-likeness (QED) is 0.251. The zero-order chi connectivity index (χ0) is 26.7. The van der Waals surface area contributed by atoms with Gasteiger partial charge in [-0.15, -0.1) is 0 Å². The summed E-state index contributed by atoms with van der Waals surface area (Å²) >= 11 is 0. The molecule has 5 heteroatoms. The highest BCUT2D eigenvalue weighted by atomic mass is 15.2. The molecule has 1 atom stereocenters. The van der Waals surface area contributed by atoms with E-state index in [0.29, 0.717) is 5.92 Å². The van der Waals surface area contributed by atoms with Crippen molar-refractivity contribution in [2.24, 2.45) is 32.7 Å². The molecular weight excluding hydrogens is 466 g/mol. The Kier molecular flexibility index (Phi) is 11.3. The van der Waals surface area contributed by atoms with Gasteiger partial charge in [0.2, 0.25) is 0 Å². The van der Waals surface area contributed by atoms with Gasteiger partial charge in [-0.3, -0.25) is 14.9 Å². The van der Waals surface area contributed by atoms with Crippen LogP contribution in [-0.4, -0.2) is 80.4 Å². The van der Waals surface area contributed by atoms with Gasteiger partial charge in [0.15, 0.2) is 0 Å². The zero-order valence-electron chi connectivity index (χ0n) is 24.4. The average molecular weight is 518 g/mol. The Morgan fingerprint density at radius 3 is 2.45 bits per heavy atom.